The molecular formula is C14H20N2O. The first-order valence-electron chi connectivity index (χ1n) is 6.23. The van der Waals surface area contributed by atoms with Gasteiger partial charge in [-0.3, -0.25) is 9.69 Å². The number of carbonyl (C=O) groups excluding carboxylic acids is 1. The Kier molecular flexibility index (Phi) is 3.92. The number of Topliss-reactive ketones (excluding diaryl/α,β-unsaturated/α-hetero) is 1. The Morgan fingerprint density at radius 1 is 1.41 bits per heavy atom. The van der Waals surface area contributed by atoms with E-state index < -0.39 is 0 Å². The molecule has 1 heterocycles. The Labute approximate surface area is 103 Å². The lowest BCUT2D eigenvalue weighted by Gasteiger charge is -2.29. The molecule has 1 saturated heterocycles. The highest BCUT2D eigenvalue weighted by Gasteiger charge is 2.19. The Balaban J connectivity index is 1.94. The Hall–Kier alpha value is -1.19. The lowest BCUT2D eigenvalue weighted by Crippen LogP contribution is -2.44. The molecule has 0 radical (unpaired) electrons. The summed E-state index contributed by atoms with van der Waals surface area (Å²) in [5, 5.41) is 0. The Morgan fingerprint density at radius 3 is 2.76 bits per heavy atom. The Bertz CT molecular complexity index is 386. The van der Waals surface area contributed by atoms with Crippen molar-refractivity contribution in [3.05, 3.63) is 35.4 Å². The van der Waals surface area contributed by atoms with Gasteiger partial charge in [-0.1, -0.05) is 29.8 Å². The summed E-state index contributed by atoms with van der Waals surface area (Å²) < 4.78 is 0. The molecule has 0 bridgehead atoms. The van der Waals surface area contributed by atoms with Gasteiger partial charge in [0.2, 0.25) is 0 Å². The predicted octanol–water partition coefficient (Wildman–Crippen LogP) is 1.60. The normalized spacial score (nSPS) is 21.4. The molecule has 1 aliphatic rings. The lowest BCUT2D eigenvalue weighted by molar-refractivity contribution is 0.0908. The summed E-state index contributed by atoms with van der Waals surface area (Å²) in [6, 6.07) is 8.00. The van der Waals surface area contributed by atoms with Gasteiger partial charge in [0.1, 0.15) is 0 Å². The van der Waals surface area contributed by atoms with Crippen molar-refractivity contribution in [2.24, 2.45) is 5.73 Å². The molecule has 3 nitrogen and oxygen atoms in total. The van der Waals surface area contributed by atoms with Crippen molar-refractivity contribution in [2.45, 2.75) is 25.8 Å². The molecule has 1 fully saturated rings. The molecule has 1 aromatic rings. The van der Waals surface area contributed by atoms with E-state index in [4.69, 9.17) is 5.73 Å². The summed E-state index contributed by atoms with van der Waals surface area (Å²) in [5.74, 6) is 0.194. The van der Waals surface area contributed by atoms with Crippen LogP contribution in [0.2, 0.25) is 0 Å². The van der Waals surface area contributed by atoms with Crippen molar-refractivity contribution < 1.29 is 4.79 Å². The van der Waals surface area contributed by atoms with Gasteiger partial charge in [0.05, 0.1) is 6.54 Å². The maximum Gasteiger partial charge on any atom is 0.176 e. The summed E-state index contributed by atoms with van der Waals surface area (Å²) in [6.45, 7) is 4.36. The molecule has 0 aromatic heterocycles. The number of hydrogen-bond donors (Lipinski definition) is 1. The minimum Gasteiger partial charge on any atom is -0.327 e. The molecule has 92 valence electrons. The van der Waals surface area contributed by atoms with Crippen LogP contribution < -0.4 is 5.73 Å². The van der Waals surface area contributed by atoms with Crippen molar-refractivity contribution in [3.63, 3.8) is 0 Å². The first kappa shape index (κ1) is 12.3. The largest absolute Gasteiger partial charge is 0.327 e. The first-order valence-corrected chi connectivity index (χ1v) is 6.23. The number of piperidine rings is 1. The molecule has 1 aromatic carbocycles. The van der Waals surface area contributed by atoms with Gasteiger partial charge in [0, 0.05) is 18.2 Å². The summed E-state index contributed by atoms with van der Waals surface area (Å²) in [6.07, 6.45) is 2.18. The van der Waals surface area contributed by atoms with Gasteiger partial charge in [-0.2, -0.15) is 0 Å². The highest BCUT2D eigenvalue weighted by Crippen LogP contribution is 2.10. The van der Waals surface area contributed by atoms with E-state index in [-0.39, 0.29) is 11.8 Å². The quantitative estimate of drug-likeness (QED) is 0.805. The van der Waals surface area contributed by atoms with Crippen molar-refractivity contribution >= 4 is 5.78 Å². The van der Waals surface area contributed by atoms with Crippen LogP contribution in [0.15, 0.2) is 24.3 Å². The van der Waals surface area contributed by atoms with Crippen molar-refractivity contribution in [1.82, 2.24) is 4.90 Å². The van der Waals surface area contributed by atoms with Gasteiger partial charge >= 0.3 is 0 Å². The maximum absolute atomic E-state index is 12.0. The van der Waals surface area contributed by atoms with Crippen LogP contribution in [0.1, 0.15) is 28.8 Å². The zero-order chi connectivity index (χ0) is 12.3. The number of rotatable bonds is 3. The van der Waals surface area contributed by atoms with Crippen molar-refractivity contribution in [3.8, 4) is 0 Å². The average molecular weight is 232 g/mol. The van der Waals surface area contributed by atoms with Crippen LogP contribution in [0.5, 0.6) is 0 Å². The fourth-order valence-corrected chi connectivity index (χ4v) is 2.27. The third-order valence-corrected chi connectivity index (χ3v) is 3.28. The zero-order valence-electron chi connectivity index (χ0n) is 10.4. The van der Waals surface area contributed by atoms with E-state index >= 15 is 0 Å². The first-order chi connectivity index (χ1) is 8.15. The molecular weight excluding hydrogens is 212 g/mol. The van der Waals surface area contributed by atoms with Crippen molar-refractivity contribution in [2.75, 3.05) is 19.6 Å². The predicted molar refractivity (Wildman–Crippen MR) is 69.2 cm³/mol. The van der Waals surface area contributed by atoms with E-state index in [0.29, 0.717) is 6.54 Å². The minimum atomic E-state index is 0.194. The molecule has 2 N–H and O–H groups in total. The van der Waals surface area contributed by atoms with Gasteiger partial charge in [-0.05, 0) is 26.3 Å². The van der Waals surface area contributed by atoms with Crippen molar-refractivity contribution in [1.29, 1.82) is 0 Å². The summed E-state index contributed by atoms with van der Waals surface area (Å²) >= 11 is 0. The summed E-state index contributed by atoms with van der Waals surface area (Å²) in [7, 11) is 0. The third-order valence-electron chi connectivity index (χ3n) is 3.28. The minimum absolute atomic E-state index is 0.194. The molecule has 1 unspecified atom stereocenters. The van der Waals surface area contributed by atoms with E-state index in [2.05, 4.69) is 4.90 Å². The van der Waals surface area contributed by atoms with Gasteiger partial charge in [0.15, 0.2) is 5.78 Å². The van der Waals surface area contributed by atoms with Crippen LogP contribution in [-0.2, 0) is 0 Å². The highest BCUT2D eigenvalue weighted by molar-refractivity contribution is 5.97. The Morgan fingerprint density at radius 2 is 2.12 bits per heavy atom. The zero-order valence-corrected chi connectivity index (χ0v) is 10.4. The molecule has 3 heteroatoms. The third kappa shape index (κ3) is 3.38. The number of nitrogens with two attached hydrogens (primary N) is 1. The topological polar surface area (TPSA) is 46.3 Å². The van der Waals surface area contributed by atoms with Crippen LogP contribution in [0.4, 0.5) is 0 Å². The molecule has 17 heavy (non-hydrogen) atoms. The second kappa shape index (κ2) is 5.43. The van der Waals surface area contributed by atoms with Crippen LogP contribution in [0.25, 0.3) is 0 Å². The van der Waals surface area contributed by atoms with E-state index in [0.717, 1.165) is 31.5 Å². The van der Waals surface area contributed by atoms with Crippen LogP contribution in [0, 0.1) is 6.92 Å². The SMILES string of the molecule is Cc1ccc(C(=O)CN2CCCC(N)C2)cc1. The average Bonchev–Trinajstić information content (AvgIpc) is 2.29. The lowest BCUT2D eigenvalue weighted by atomic mass is 10.0. The van der Waals surface area contributed by atoms with E-state index in [1.807, 2.05) is 31.2 Å². The van der Waals surface area contributed by atoms with E-state index in [9.17, 15) is 4.79 Å². The maximum atomic E-state index is 12.0. The van der Waals surface area contributed by atoms with Crippen LogP contribution in [0.3, 0.4) is 0 Å². The number of ketones is 1. The van der Waals surface area contributed by atoms with Gasteiger partial charge in [0.25, 0.3) is 0 Å². The molecule has 2 rings (SSSR count). The number of nitrogens with zero attached hydrogens (tertiary/aromatic N) is 1. The number of hydrogen-bond acceptors (Lipinski definition) is 3. The summed E-state index contributed by atoms with van der Waals surface area (Å²) in [4.78, 5) is 14.2. The fourth-order valence-electron chi connectivity index (χ4n) is 2.27. The molecule has 1 aliphatic heterocycles. The number of likely N-dealkylation sites (tertiary alicyclic amines) is 1. The van der Waals surface area contributed by atoms with E-state index in [1.165, 1.54) is 5.56 Å². The van der Waals surface area contributed by atoms with Gasteiger partial charge in [-0.15, -0.1) is 0 Å². The van der Waals surface area contributed by atoms with Crippen LogP contribution >= 0.6 is 0 Å². The molecule has 0 saturated carbocycles. The number of benzene rings is 1. The molecule has 0 amide bonds. The summed E-state index contributed by atoms with van der Waals surface area (Å²) in [5.41, 5.74) is 7.89. The fraction of sp³-hybridized carbons (Fsp3) is 0.500. The van der Waals surface area contributed by atoms with E-state index in [1.54, 1.807) is 0 Å². The smallest absolute Gasteiger partial charge is 0.176 e. The monoisotopic (exact) mass is 232 g/mol. The van der Waals surface area contributed by atoms with Gasteiger partial charge < -0.3 is 5.73 Å². The second-order valence-corrected chi connectivity index (χ2v) is 4.93. The highest BCUT2D eigenvalue weighted by atomic mass is 16.1. The molecule has 0 spiro atoms. The number of aryl methyl sites for hydroxylation is 1. The van der Waals surface area contributed by atoms with Crippen LogP contribution in [-0.4, -0.2) is 36.4 Å². The number of carbonyl (C=O) groups is 1. The second-order valence-electron chi connectivity index (χ2n) is 4.93. The van der Waals surface area contributed by atoms with Gasteiger partial charge in [-0.25, -0.2) is 0 Å². The molecule has 1 atom stereocenters. The standard InChI is InChI=1S/C14H20N2O/c1-11-4-6-12(7-5-11)14(17)10-16-8-2-3-13(15)9-16/h4-7,13H,2-3,8-10,15H2,1H3. The molecule has 0 aliphatic carbocycles.